The van der Waals surface area contributed by atoms with Crippen LogP contribution >= 0.6 is 0 Å². The van der Waals surface area contributed by atoms with Gasteiger partial charge in [0.05, 0.1) is 12.6 Å². The van der Waals surface area contributed by atoms with Crippen LogP contribution < -0.4 is 5.32 Å². The zero-order valence-corrected chi connectivity index (χ0v) is 13.2. The third-order valence-corrected chi connectivity index (χ3v) is 3.79. The first-order valence-corrected chi connectivity index (χ1v) is 7.77. The molecule has 0 bridgehead atoms. The van der Waals surface area contributed by atoms with Crippen molar-refractivity contribution in [3.8, 4) is 6.07 Å². The van der Waals surface area contributed by atoms with Crippen molar-refractivity contribution in [1.29, 1.82) is 5.26 Å². The van der Waals surface area contributed by atoms with E-state index in [0.29, 0.717) is 18.0 Å². The number of hydrogen-bond acceptors (Lipinski definition) is 3. The molecule has 110 valence electrons. The molecule has 1 aliphatic heterocycles. The molecule has 1 saturated heterocycles. The van der Waals surface area contributed by atoms with Gasteiger partial charge in [-0.05, 0) is 24.2 Å². The lowest BCUT2D eigenvalue weighted by molar-refractivity contribution is 0.142. The second-order valence-corrected chi connectivity index (χ2v) is 7.23. The Labute approximate surface area is 119 Å². The number of rotatable bonds is 6. The summed E-state index contributed by atoms with van der Waals surface area (Å²) in [5.74, 6) is 0.763. The predicted octanol–water partition coefficient (Wildman–Crippen LogP) is 3.03. The number of likely N-dealkylation sites (tertiary alicyclic amines) is 1. The van der Waals surface area contributed by atoms with Crippen LogP contribution in [0.5, 0.6) is 0 Å². The smallest absolute Gasteiger partial charge is 0.0866 e. The largest absolute Gasteiger partial charge is 0.312 e. The molecule has 0 aromatic heterocycles. The second-order valence-electron chi connectivity index (χ2n) is 7.23. The average molecular weight is 265 g/mol. The van der Waals surface area contributed by atoms with Gasteiger partial charge >= 0.3 is 0 Å². The standard InChI is InChI=1S/C16H31N3/c1-5-6-7-14-10-15(18-13-16(2,3)4)12-19(11-14)9-8-17/h14-15,18H,5-7,9-13H2,1-4H3. The summed E-state index contributed by atoms with van der Waals surface area (Å²) in [5.41, 5.74) is 0.330. The molecular formula is C16H31N3. The molecule has 1 fully saturated rings. The lowest BCUT2D eigenvalue weighted by Crippen LogP contribution is -2.50. The molecule has 3 nitrogen and oxygen atoms in total. The highest BCUT2D eigenvalue weighted by molar-refractivity contribution is 4.88. The Hall–Kier alpha value is -0.590. The van der Waals surface area contributed by atoms with Gasteiger partial charge in [0, 0.05) is 25.7 Å². The molecule has 0 aromatic carbocycles. The van der Waals surface area contributed by atoms with Crippen LogP contribution in [0.4, 0.5) is 0 Å². The lowest BCUT2D eigenvalue weighted by atomic mass is 9.89. The van der Waals surface area contributed by atoms with E-state index in [1.165, 1.54) is 25.7 Å². The highest BCUT2D eigenvalue weighted by atomic mass is 15.2. The molecule has 2 unspecified atom stereocenters. The van der Waals surface area contributed by atoms with E-state index in [0.717, 1.165) is 25.6 Å². The summed E-state index contributed by atoms with van der Waals surface area (Å²) in [4.78, 5) is 2.32. The minimum Gasteiger partial charge on any atom is -0.312 e. The van der Waals surface area contributed by atoms with E-state index in [1.807, 2.05) is 0 Å². The van der Waals surface area contributed by atoms with Crippen LogP contribution in [0.2, 0.25) is 0 Å². The van der Waals surface area contributed by atoms with Gasteiger partial charge < -0.3 is 5.32 Å². The number of nitriles is 1. The maximum Gasteiger partial charge on any atom is 0.0866 e. The fraction of sp³-hybridized carbons (Fsp3) is 0.938. The normalized spacial score (nSPS) is 25.2. The van der Waals surface area contributed by atoms with Crippen molar-refractivity contribution in [2.45, 2.75) is 59.4 Å². The summed E-state index contributed by atoms with van der Waals surface area (Å²) < 4.78 is 0. The summed E-state index contributed by atoms with van der Waals surface area (Å²) in [6.07, 6.45) is 5.18. The van der Waals surface area contributed by atoms with Gasteiger partial charge in [0.25, 0.3) is 0 Å². The SMILES string of the molecule is CCCCC1CC(NCC(C)(C)C)CN(CC#N)C1. The van der Waals surface area contributed by atoms with E-state index < -0.39 is 0 Å². The van der Waals surface area contributed by atoms with E-state index in [4.69, 9.17) is 5.26 Å². The number of nitrogens with zero attached hydrogens (tertiary/aromatic N) is 2. The van der Waals surface area contributed by atoms with E-state index in [1.54, 1.807) is 0 Å². The highest BCUT2D eigenvalue weighted by Crippen LogP contribution is 2.22. The number of nitrogens with one attached hydrogen (secondary N) is 1. The molecule has 0 amide bonds. The van der Waals surface area contributed by atoms with Crippen LogP contribution in [-0.2, 0) is 0 Å². The molecule has 0 aliphatic carbocycles. The summed E-state index contributed by atoms with van der Waals surface area (Å²) >= 11 is 0. The van der Waals surface area contributed by atoms with Crippen molar-refractivity contribution < 1.29 is 0 Å². The molecule has 0 saturated carbocycles. The Morgan fingerprint density at radius 3 is 2.63 bits per heavy atom. The summed E-state index contributed by atoms with van der Waals surface area (Å²) in [5, 5.41) is 12.6. The fourth-order valence-corrected chi connectivity index (χ4v) is 2.83. The summed E-state index contributed by atoms with van der Waals surface area (Å²) in [7, 11) is 0. The second kappa shape index (κ2) is 7.87. The van der Waals surface area contributed by atoms with Crippen molar-refractivity contribution in [3.63, 3.8) is 0 Å². The van der Waals surface area contributed by atoms with Gasteiger partial charge in [-0.15, -0.1) is 0 Å². The van der Waals surface area contributed by atoms with Crippen LogP contribution in [0.25, 0.3) is 0 Å². The Morgan fingerprint density at radius 2 is 2.05 bits per heavy atom. The first kappa shape index (κ1) is 16.5. The van der Waals surface area contributed by atoms with E-state index in [9.17, 15) is 0 Å². The molecule has 19 heavy (non-hydrogen) atoms. The predicted molar refractivity (Wildman–Crippen MR) is 80.9 cm³/mol. The average Bonchev–Trinajstić information content (AvgIpc) is 2.33. The molecule has 0 radical (unpaired) electrons. The van der Waals surface area contributed by atoms with Gasteiger partial charge in [-0.3, -0.25) is 4.90 Å². The van der Waals surface area contributed by atoms with E-state index in [2.05, 4.69) is 44.0 Å². The molecule has 1 aliphatic rings. The summed E-state index contributed by atoms with van der Waals surface area (Å²) in [6.45, 7) is 12.8. The summed E-state index contributed by atoms with van der Waals surface area (Å²) in [6, 6.07) is 2.86. The zero-order valence-electron chi connectivity index (χ0n) is 13.2. The van der Waals surface area contributed by atoms with Crippen molar-refractivity contribution in [1.82, 2.24) is 10.2 Å². The Balaban J connectivity index is 2.47. The van der Waals surface area contributed by atoms with Gasteiger partial charge in [-0.2, -0.15) is 5.26 Å². The third-order valence-electron chi connectivity index (χ3n) is 3.79. The lowest BCUT2D eigenvalue weighted by Gasteiger charge is -2.38. The molecule has 1 heterocycles. The van der Waals surface area contributed by atoms with Gasteiger partial charge in [0.2, 0.25) is 0 Å². The van der Waals surface area contributed by atoms with Gasteiger partial charge in [0.15, 0.2) is 0 Å². The molecule has 0 aromatic rings. The maximum absolute atomic E-state index is 8.91. The third kappa shape index (κ3) is 6.94. The quantitative estimate of drug-likeness (QED) is 0.750. The van der Waals surface area contributed by atoms with E-state index in [-0.39, 0.29) is 0 Å². The van der Waals surface area contributed by atoms with Gasteiger partial charge in [0.1, 0.15) is 0 Å². The molecule has 0 spiro atoms. The monoisotopic (exact) mass is 265 g/mol. The number of hydrogen-bond donors (Lipinski definition) is 1. The number of unbranched alkanes of at least 4 members (excludes halogenated alkanes) is 1. The molecular weight excluding hydrogens is 234 g/mol. The number of piperidine rings is 1. The van der Waals surface area contributed by atoms with Crippen molar-refractivity contribution in [2.24, 2.45) is 11.3 Å². The Morgan fingerprint density at radius 1 is 1.32 bits per heavy atom. The van der Waals surface area contributed by atoms with Crippen molar-refractivity contribution >= 4 is 0 Å². The van der Waals surface area contributed by atoms with Crippen LogP contribution in [0.15, 0.2) is 0 Å². The Bertz CT molecular complexity index is 287. The maximum atomic E-state index is 8.91. The Kier molecular flexibility index (Phi) is 6.82. The minimum atomic E-state index is 0.330. The minimum absolute atomic E-state index is 0.330. The van der Waals surface area contributed by atoms with Gasteiger partial charge in [-0.25, -0.2) is 0 Å². The first-order chi connectivity index (χ1) is 8.94. The zero-order chi connectivity index (χ0) is 14.3. The molecule has 1 N–H and O–H groups in total. The van der Waals surface area contributed by atoms with Crippen molar-refractivity contribution in [2.75, 3.05) is 26.2 Å². The first-order valence-electron chi connectivity index (χ1n) is 7.77. The molecule has 3 heteroatoms. The molecule has 1 rings (SSSR count). The molecule has 2 atom stereocenters. The van der Waals surface area contributed by atoms with Crippen LogP contribution in [0.3, 0.4) is 0 Å². The van der Waals surface area contributed by atoms with E-state index >= 15 is 0 Å². The van der Waals surface area contributed by atoms with Crippen LogP contribution in [-0.4, -0.2) is 37.1 Å². The van der Waals surface area contributed by atoms with Gasteiger partial charge in [-0.1, -0.05) is 40.5 Å². The fourth-order valence-electron chi connectivity index (χ4n) is 2.83. The van der Waals surface area contributed by atoms with Crippen molar-refractivity contribution in [3.05, 3.63) is 0 Å². The topological polar surface area (TPSA) is 39.1 Å². The van der Waals surface area contributed by atoms with Crippen LogP contribution in [0.1, 0.15) is 53.4 Å². The van der Waals surface area contributed by atoms with Crippen LogP contribution in [0, 0.1) is 22.7 Å². The highest BCUT2D eigenvalue weighted by Gasteiger charge is 2.27.